The minimum atomic E-state index is 0.126. The summed E-state index contributed by atoms with van der Waals surface area (Å²) >= 11 is 0. The van der Waals surface area contributed by atoms with Crippen molar-refractivity contribution < 1.29 is 9.53 Å². The van der Waals surface area contributed by atoms with Crippen LogP contribution in [0.3, 0.4) is 0 Å². The number of carbonyl (C=O) groups excluding carboxylic acids is 1. The third-order valence-corrected chi connectivity index (χ3v) is 10.2. The lowest BCUT2D eigenvalue weighted by Crippen LogP contribution is -2.23. The van der Waals surface area contributed by atoms with Gasteiger partial charge in [-0.15, -0.1) is 0 Å². The van der Waals surface area contributed by atoms with Crippen LogP contribution in [0.15, 0.2) is 0 Å². The van der Waals surface area contributed by atoms with E-state index in [1.54, 1.807) is 0 Å². The molecule has 0 heterocycles. The van der Waals surface area contributed by atoms with Gasteiger partial charge >= 0.3 is 5.97 Å². The molecule has 0 amide bonds. The quantitative estimate of drug-likeness (QED) is 0.0514. The predicted molar refractivity (Wildman–Crippen MR) is 198 cm³/mol. The Morgan fingerprint density at radius 3 is 1.14 bits per heavy atom. The second-order valence-electron chi connectivity index (χ2n) is 14.7. The van der Waals surface area contributed by atoms with Crippen LogP contribution in [-0.4, -0.2) is 12.6 Å². The van der Waals surface area contributed by atoms with Gasteiger partial charge in [-0.25, -0.2) is 0 Å². The Morgan fingerprint density at radius 1 is 0.386 bits per heavy atom. The molecule has 0 saturated heterocycles. The molecular formula is C42H84O2. The van der Waals surface area contributed by atoms with Gasteiger partial charge in [-0.2, -0.15) is 0 Å². The van der Waals surface area contributed by atoms with E-state index in [1.165, 1.54) is 193 Å². The van der Waals surface area contributed by atoms with E-state index in [9.17, 15) is 4.79 Å². The van der Waals surface area contributed by atoms with E-state index in [0.717, 1.165) is 18.8 Å². The second kappa shape index (κ2) is 35.3. The van der Waals surface area contributed by atoms with Crippen molar-refractivity contribution in [3.05, 3.63) is 0 Å². The molecule has 2 nitrogen and oxygen atoms in total. The fourth-order valence-corrected chi connectivity index (χ4v) is 7.07. The maximum absolute atomic E-state index is 13.5. The first kappa shape index (κ1) is 43.5. The molecular weight excluding hydrogens is 536 g/mol. The summed E-state index contributed by atoms with van der Waals surface area (Å²) in [6.07, 6.45) is 42.1. The van der Waals surface area contributed by atoms with Crippen molar-refractivity contribution in [3.63, 3.8) is 0 Å². The molecule has 264 valence electrons. The van der Waals surface area contributed by atoms with Gasteiger partial charge in [-0.05, 0) is 37.5 Å². The van der Waals surface area contributed by atoms with Crippen molar-refractivity contribution in [3.8, 4) is 0 Å². The monoisotopic (exact) mass is 621 g/mol. The molecule has 0 aromatic carbocycles. The number of hydrogen-bond donors (Lipinski definition) is 0. The Balaban J connectivity index is 4.85. The van der Waals surface area contributed by atoms with Crippen molar-refractivity contribution in [2.24, 2.45) is 17.8 Å². The average molecular weight is 621 g/mol. The maximum atomic E-state index is 13.5. The van der Waals surface area contributed by atoms with Crippen molar-refractivity contribution >= 4 is 5.97 Å². The Hall–Kier alpha value is -0.530. The lowest BCUT2D eigenvalue weighted by atomic mass is 9.85. The Morgan fingerprint density at radius 2 is 0.705 bits per heavy atom. The van der Waals surface area contributed by atoms with Gasteiger partial charge < -0.3 is 4.74 Å². The van der Waals surface area contributed by atoms with Crippen LogP contribution < -0.4 is 0 Å². The van der Waals surface area contributed by atoms with Gasteiger partial charge in [-0.3, -0.25) is 4.79 Å². The first-order chi connectivity index (χ1) is 21.6. The molecule has 0 aliphatic carbocycles. The molecule has 44 heavy (non-hydrogen) atoms. The first-order valence-electron chi connectivity index (χ1n) is 20.8. The molecule has 0 aliphatic heterocycles. The second-order valence-corrected chi connectivity index (χ2v) is 14.7. The van der Waals surface area contributed by atoms with Gasteiger partial charge in [0.1, 0.15) is 0 Å². The van der Waals surface area contributed by atoms with Gasteiger partial charge in [0.05, 0.1) is 12.5 Å². The number of ether oxygens (including phenoxy) is 1. The minimum absolute atomic E-state index is 0.126. The minimum Gasteiger partial charge on any atom is -0.465 e. The average Bonchev–Trinajstić information content (AvgIpc) is 3.03. The molecule has 0 aromatic heterocycles. The van der Waals surface area contributed by atoms with Crippen LogP contribution in [0.2, 0.25) is 0 Å². The highest BCUT2D eigenvalue weighted by molar-refractivity contribution is 5.72. The van der Waals surface area contributed by atoms with E-state index in [1.807, 2.05) is 0 Å². The SMILES string of the molecule is CCCCCCCCCCCCC(CCCCCCCCCC)C(=O)OCC(CCCC)CC(CCCC)CCCCCC. The lowest BCUT2D eigenvalue weighted by molar-refractivity contribution is -0.151. The Bertz CT molecular complexity index is 558. The summed E-state index contributed by atoms with van der Waals surface area (Å²) < 4.78 is 6.24. The fraction of sp³-hybridized carbons (Fsp3) is 0.976. The summed E-state index contributed by atoms with van der Waals surface area (Å²) in [6.45, 7) is 12.2. The van der Waals surface area contributed by atoms with Gasteiger partial charge in [-0.1, -0.05) is 214 Å². The molecule has 0 saturated carbocycles. The highest BCUT2D eigenvalue weighted by Gasteiger charge is 2.23. The summed E-state index contributed by atoms with van der Waals surface area (Å²) in [5.74, 6) is 1.62. The highest BCUT2D eigenvalue weighted by Crippen LogP contribution is 2.28. The normalized spacial score (nSPS) is 13.7. The fourth-order valence-electron chi connectivity index (χ4n) is 7.07. The number of carbonyl (C=O) groups is 1. The number of rotatable bonds is 36. The van der Waals surface area contributed by atoms with Gasteiger partial charge in [0, 0.05) is 0 Å². The van der Waals surface area contributed by atoms with E-state index in [0.29, 0.717) is 12.5 Å². The van der Waals surface area contributed by atoms with Crippen LogP contribution in [0.25, 0.3) is 0 Å². The molecule has 0 spiro atoms. The first-order valence-corrected chi connectivity index (χ1v) is 20.8. The molecule has 0 aromatic rings. The lowest BCUT2D eigenvalue weighted by Gasteiger charge is -2.25. The molecule has 0 aliphatic rings. The van der Waals surface area contributed by atoms with Gasteiger partial charge in [0.25, 0.3) is 0 Å². The van der Waals surface area contributed by atoms with Gasteiger partial charge in [0.2, 0.25) is 0 Å². The third-order valence-electron chi connectivity index (χ3n) is 10.2. The van der Waals surface area contributed by atoms with Gasteiger partial charge in [0.15, 0.2) is 0 Å². The van der Waals surface area contributed by atoms with Crippen LogP contribution >= 0.6 is 0 Å². The molecule has 3 atom stereocenters. The van der Waals surface area contributed by atoms with Crippen molar-refractivity contribution in [2.45, 2.75) is 240 Å². The summed E-state index contributed by atoms with van der Waals surface area (Å²) in [4.78, 5) is 13.5. The molecule has 0 radical (unpaired) electrons. The zero-order chi connectivity index (χ0) is 32.4. The summed E-state index contributed by atoms with van der Waals surface area (Å²) in [6, 6.07) is 0. The molecule has 0 fully saturated rings. The smallest absolute Gasteiger partial charge is 0.308 e. The van der Waals surface area contributed by atoms with Crippen molar-refractivity contribution in [1.29, 1.82) is 0 Å². The largest absolute Gasteiger partial charge is 0.465 e. The van der Waals surface area contributed by atoms with Crippen LogP contribution in [-0.2, 0) is 9.53 Å². The van der Waals surface area contributed by atoms with E-state index >= 15 is 0 Å². The van der Waals surface area contributed by atoms with Crippen LogP contribution in [0, 0.1) is 17.8 Å². The number of esters is 1. The molecule has 0 bridgehead atoms. The van der Waals surface area contributed by atoms with E-state index < -0.39 is 0 Å². The van der Waals surface area contributed by atoms with E-state index in [4.69, 9.17) is 4.74 Å². The van der Waals surface area contributed by atoms with Crippen molar-refractivity contribution in [1.82, 2.24) is 0 Å². The summed E-state index contributed by atoms with van der Waals surface area (Å²) in [5, 5.41) is 0. The Kier molecular flexibility index (Phi) is 34.9. The standard InChI is InChI=1S/C42H84O2/c1-6-11-16-19-21-23-24-26-28-31-36-41(35-30-27-25-22-20-17-12-7-2)42(43)44-38-40(33-15-10-5)37-39(32-14-9-4)34-29-18-13-8-3/h39-41H,6-38H2,1-5H3. The zero-order valence-electron chi connectivity index (χ0n) is 31.4. The van der Waals surface area contributed by atoms with E-state index in [-0.39, 0.29) is 11.9 Å². The summed E-state index contributed by atoms with van der Waals surface area (Å²) in [7, 11) is 0. The molecule has 3 unspecified atom stereocenters. The predicted octanol–water partition coefficient (Wildman–Crippen LogP) is 15.0. The van der Waals surface area contributed by atoms with Crippen molar-refractivity contribution in [2.75, 3.05) is 6.61 Å². The maximum Gasteiger partial charge on any atom is 0.308 e. The van der Waals surface area contributed by atoms with Crippen LogP contribution in [0.1, 0.15) is 240 Å². The van der Waals surface area contributed by atoms with Crippen LogP contribution in [0.4, 0.5) is 0 Å². The summed E-state index contributed by atoms with van der Waals surface area (Å²) in [5.41, 5.74) is 0. The molecule has 2 heteroatoms. The zero-order valence-corrected chi connectivity index (χ0v) is 31.4. The topological polar surface area (TPSA) is 26.3 Å². The highest BCUT2D eigenvalue weighted by atomic mass is 16.5. The molecule has 0 rings (SSSR count). The number of hydrogen-bond acceptors (Lipinski definition) is 2. The Labute approximate surface area is 279 Å². The van der Waals surface area contributed by atoms with E-state index in [2.05, 4.69) is 34.6 Å². The third kappa shape index (κ3) is 28.9. The molecule has 0 N–H and O–H groups in total. The van der Waals surface area contributed by atoms with Crippen LogP contribution in [0.5, 0.6) is 0 Å². The number of unbranched alkanes of at least 4 members (excludes halogenated alkanes) is 21.